The Morgan fingerprint density at radius 2 is 2.12 bits per heavy atom. The van der Waals surface area contributed by atoms with Gasteiger partial charge >= 0.3 is 6.03 Å². The van der Waals surface area contributed by atoms with Gasteiger partial charge in [0.25, 0.3) is 0 Å². The van der Waals surface area contributed by atoms with Crippen LogP contribution in [0.5, 0.6) is 0 Å². The van der Waals surface area contributed by atoms with Crippen LogP contribution in [0.1, 0.15) is 0 Å². The third-order valence-electron chi connectivity index (χ3n) is 2.09. The molecule has 2 aromatic rings. The summed E-state index contributed by atoms with van der Waals surface area (Å²) in [5, 5.41) is 5.14. The number of benzene rings is 1. The van der Waals surface area contributed by atoms with E-state index in [1.165, 1.54) is 11.3 Å². The fraction of sp³-hybridized carbons (Fsp3) is 0.0909. The van der Waals surface area contributed by atoms with E-state index in [1.807, 2.05) is 35.7 Å². The third kappa shape index (κ3) is 2.38. The second kappa shape index (κ2) is 4.76. The van der Waals surface area contributed by atoms with Crippen LogP contribution in [0.3, 0.4) is 0 Å². The summed E-state index contributed by atoms with van der Waals surface area (Å²) >= 11 is 1.39. The number of anilines is 2. The van der Waals surface area contributed by atoms with Crippen LogP contribution in [0.15, 0.2) is 41.9 Å². The third-order valence-corrected chi connectivity index (χ3v) is 2.78. The zero-order chi connectivity index (χ0) is 11.4. The Labute approximate surface area is 97.5 Å². The van der Waals surface area contributed by atoms with Crippen LogP contribution in [-0.4, -0.2) is 18.1 Å². The van der Waals surface area contributed by atoms with Crippen LogP contribution in [0.25, 0.3) is 0 Å². The molecule has 0 radical (unpaired) electrons. The van der Waals surface area contributed by atoms with Crippen molar-refractivity contribution in [1.82, 2.24) is 4.98 Å². The van der Waals surface area contributed by atoms with Crippen molar-refractivity contribution in [2.45, 2.75) is 0 Å². The number of aromatic nitrogens is 1. The number of carbonyl (C=O) groups is 1. The molecule has 1 N–H and O–H groups in total. The molecule has 2 rings (SSSR count). The second-order valence-corrected chi connectivity index (χ2v) is 4.06. The van der Waals surface area contributed by atoms with Gasteiger partial charge in [-0.25, -0.2) is 9.78 Å². The Bertz CT molecular complexity index is 455. The molecule has 0 atom stereocenters. The Hall–Kier alpha value is -1.88. The highest BCUT2D eigenvalue weighted by Crippen LogP contribution is 2.15. The Morgan fingerprint density at radius 1 is 1.38 bits per heavy atom. The molecule has 4 nitrogen and oxygen atoms in total. The van der Waals surface area contributed by atoms with Crippen LogP contribution in [-0.2, 0) is 0 Å². The van der Waals surface area contributed by atoms with Crippen molar-refractivity contribution in [2.24, 2.45) is 0 Å². The average molecular weight is 233 g/mol. The number of thiazole rings is 1. The molecule has 82 valence electrons. The number of hydrogen-bond acceptors (Lipinski definition) is 3. The van der Waals surface area contributed by atoms with Gasteiger partial charge in [-0.15, -0.1) is 11.3 Å². The van der Waals surface area contributed by atoms with Crippen molar-refractivity contribution >= 4 is 28.2 Å². The summed E-state index contributed by atoms with van der Waals surface area (Å²) < 4.78 is 0. The van der Waals surface area contributed by atoms with E-state index in [0.717, 1.165) is 5.69 Å². The standard InChI is InChI=1S/C11H11N3OS/c1-14(9-5-3-2-4-6-9)11(15)13-10-12-7-8-16-10/h2-8H,1H3,(H,12,13,15). The molecule has 0 saturated carbocycles. The van der Waals surface area contributed by atoms with Crippen LogP contribution in [0.2, 0.25) is 0 Å². The highest BCUT2D eigenvalue weighted by molar-refractivity contribution is 7.13. The average Bonchev–Trinajstić information content (AvgIpc) is 2.82. The van der Waals surface area contributed by atoms with Gasteiger partial charge in [0.15, 0.2) is 5.13 Å². The van der Waals surface area contributed by atoms with Crippen molar-refractivity contribution in [2.75, 3.05) is 17.3 Å². The molecule has 2 amide bonds. The van der Waals surface area contributed by atoms with E-state index >= 15 is 0 Å². The van der Waals surface area contributed by atoms with E-state index in [9.17, 15) is 4.79 Å². The maximum absolute atomic E-state index is 11.8. The highest BCUT2D eigenvalue weighted by Gasteiger charge is 2.10. The maximum Gasteiger partial charge on any atom is 0.327 e. The summed E-state index contributed by atoms with van der Waals surface area (Å²) in [6, 6.07) is 9.25. The van der Waals surface area contributed by atoms with E-state index in [0.29, 0.717) is 5.13 Å². The predicted octanol–water partition coefficient (Wildman–Crippen LogP) is 2.81. The van der Waals surface area contributed by atoms with Gasteiger partial charge in [0.2, 0.25) is 0 Å². The topological polar surface area (TPSA) is 45.2 Å². The number of carbonyl (C=O) groups excluding carboxylic acids is 1. The van der Waals surface area contributed by atoms with Crippen molar-refractivity contribution in [1.29, 1.82) is 0 Å². The van der Waals surface area contributed by atoms with Crippen molar-refractivity contribution in [3.63, 3.8) is 0 Å². The zero-order valence-electron chi connectivity index (χ0n) is 8.75. The molecular weight excluding hydrogens is 222 g/mol. The van der Waals surface area contributed by atoms with Gasteiger partial charge in [0.05, 0.1) is 0 Å². The molecule has 0 bridgehead atoms. The molecule has 0 aliphatic rings. The molecule has 0 unspecified atom stereocenters. The van der Waals surface area contributed by atoms with E-state index in [2.05, 4.69) is 10.3 Å². The van der Waals surface area contributed by atoms with Gasteiger partial charge in [-0.1, -0.05) is 18.2 Å². The van der Waals surface area contributed by atoms with Gasteiger partial charge in [-0.3, -0.25) is 10.2 Å². The lowest BCUT2D eigenvalue weighted by Gasteiger charge is -2.16. The second-order valence-electron chi connectivity index (χ2n) is 3.16. The summed E-state index contributed by atoms with van der Waals surface area (Å²) in [5.41, 5.74) is 0.844. The normalized spacial score (nSPS) is 9.81. The Morgan fingerprint density at radius 3 is 2.75 bits per heavy atom. The summed E-state index contributed by atoms with van der Waals surface area (Å²) in [7, 11) is 1.72. The van der Waals surface area contributed by atoms with E-state index in [4.69, 9.17) is 0 Å². The zero-order valence-corrected chi connectivity index (χ0v) is 9.57. The number of nitrogens with zero attached hydrogens (tertiary/aromatic N) is 2. The molecular formula is C11H11N3OS. The predicted molar refractivity (Wildman–Crippen MR) is 66.0 cm³/mol. The van der Waals surface area contributed by atoms with Crippen LogP contribution in [0, 0.1) is 0 Å². The van der Waals surface area contributed by atoms with Crippen LogP contribution in [0.4, 0.5) is 15.6 Å². The number of amides is 2. The summed E-state index contributed by atoms with van der Waals surface area (Å²) in [6.45, 7) is 0. The lowest BCUT2D eigenvalue weighted by atomic mass is 10.3. The van der Waals surface area contributed by atoms with Gasteiger partial charge < -0.3 is 0 Å². The van der Waals surface area contributed by atoms with Crippen molar-refractivity contribution in [3.05, 3.63) is 41.9 Å². The van der Waals surface area contributed by atoms with Gasteiger partial charge in [0.1, 0.15) is 0 Å². The first-order valence-electron chi connectivity index (χ1n) is 4.76. The fourth-order valence-corrected chi connectivity index (χ4v) is 1.75. The number of hydrogen-bond donors (Lipinski definition) is 1. The summed E-state index contributed by atoms with van der Waals surface area (Å²) in [5.74, 6) is 0. The molecule has 0 saturated heterocycles. The number of urea groups is 1. The van der Waals surface area contributed by atoms with Gasteiger partial charge in [-0.05, 0) is 12.1 Å². The first-order chi connectivity index (χ1) is 7.77. The van der Waals surface area contributed by atoms with Gasteiger partial charge in [0, 0.05) is 24.3 Å². The summed E-state index contributed by atoms with van der Waals surface area (Å²) in [4.78, 5) is 17.3. The van der Waals surface area contributed by atoms with Crippen molar-refractivity contribution in [3.8, 4) is 0 Å². The lowest BCUT2D eigenvalue weighted by Crippen LogP contribution is -2.30. The number of rotatable bonds is 2. The monoisotopic (exact) mass is 233 g/mol. The molecule has 1 aromatic heterocycles. The summed E-state index contributed by atoms with van der Waals surface area (Å²) in [6.07, 6.45) is 1.66. The molecule has 0 spiro atoms. The number of para-hydroxylation sites is 1. The van der Waals surface area contributed by atoms with Crippen molar-refractivity contribution < 1.29 is 4.79 Å². The first-order valence-corrected chi connectivity index (χ1v) is 5.64. The number of nitrogens with one attached hydrogen (secondary N) is 1. The molecule has 5 heteroatoms. The molecule has 16 heavy (non-hydrogen) atoms. The largest absolute Gasteiger partial charge is 0.327 e. The Balaban J connectivity index is 2.05. The van der Waals surface area contributed by atoms with E-state index in [-0.39, 0.29) is 6.03 Å². The van der Waals surface area contributed by atoms with Crippen LogP contribution < -0.4 is 10.2 Å². The minimum atomic E-state index is -0.193. The molecule has 0 aliphatic carbocycles. The molecule has 0 aliphatic heterocycles. The molecule has 1 heterocycles. The van der Waals surface area contributed by atoms with E-state index in [1.54, 1.807) is 18.1 Å². The quantitative estimate of drug-likeness (QED) is 0.866. The highest BCUT2D eigenvalue weighted by atomic mass is 32.1. The van der Waals surface area contributed by atoms with E-state index < -0.39 is 0 Å². The van der Waals surface area contributed by atoms with Crippen LogP contribution >= 0.6 is 11.3 Å². The minimum Gasteiger partial charge on any atom is -0.297 e. The van der Waals surface area contributed by atoms with Gasteiger partial charge in [-0.2, -0.15) is 0 Å². The first kappa shape index (κ1) is 10.6. The Kier molecular flexibility index (Phi) is 3.16. The smallest absolute Gasteiger partial charge is 0.297 e. The molecule has 0 fully saturated rings. The lowest BCUT2D eigenvalue weighted by molar-refractivity contribution is 0.258. The minimum absolute atomic E-state index is 0.193. The maximum atomic E-state index is 11.8. The SMILES string of the molecule is CN(C(=O)Nc1nccs1)c1ccccc1. The molecule has 1 aromatic carbocycles. The fourth-order valence-electron chi connectivity index (χ4n) is 1.23.